The lowest BCUT2D eigenvalue weighted by molar-refractivity contribution is -0.777. The van der Waals surface area contributed by atoms with Gasteiger partial charge in [0.25, 0.3) is 0 Å². The van der Waals surface area contributed by atoms with Crippen LogP contribution in [-0.2, 0) is 21.7 Å². The number of alkyl halides is 6. The molecule has 0 unspecified atom stereocenters. The van der Waals surface area contributed by atoms with Gasteiger partial charge in [0, 0.05) is 4.90 Å². The van der Waals surface area contributed by atoms with E-state index in [1.807, 2.05) is 0 Å². The summed E-state index contributed by atoms with van der Waals surface area (Å²) >= 11 is -0.0450. The maximum atomic E-state index is 12.6. The average Bonchev–Trinajstić information content (AvgIpc) is 2.24. The molecule has 0 saturated heterocycles. The van der Waals surface area contributed by atoms with Crippen LogP contribution in [-0.4, -0.2) is 0 Å². The fourth-order valence-electron chi connectivity index (χ4n) is 1.38. The second-order valence-corrected chi connectivity index (χ2v) is 4.13. The zero-order chi connectivity index (χ0) is 14.8. The Balaban J connectivity index is 3.39. The second kappa shape index (κ2) is 5.57. The van der Waals surface area contributed by atoms with Crippen LogP contribution >= 0.6 is 12.0 Å². The van der Waals surface area contributed by atoms with E-state index in [1.54, 1.807) is 0 Å². The molecule has 10 heteroatoms. The molecule has 0 aliphatic carbocycles. The van der Waals surface area contributed by atoms with E-state index in [0.29, 0.717) is 19.1 Å². The molecule has 0 aliphatic heterocycles. The molecular formula is C9H5F6O3S-. The molecule has 1 aromatic rings. The summed E-state index contributed by atoms with van der Waals surface area (Å²) in [5, 5.41) is 12.4. The van der Waals surface area contributed by atoms with E-state index in [0.717, 1.165) is 0 Å². The molecular weight excluding hydrogens is 302 g/mol. The number of benzene rings is 1. The minimum atomic E-state index is -4.96. The SMILES string of the molecule is Cc1c(C(F)(F)F)cc(SOO[O-])cc1C(F)(F)F. The lowest BCUT2D eigenvalue weighted by atomic mass is 10.0. The van der Waals surface area contributed by atoms with Gasteiger partial charge in [0.2, 0.25) is 0 Å². The van der Waals surface area contributed by atoms with Crippen molar-refractivity contribution in [2.45, 2.75) is 24.2 Å². The van der Waals surface area contributed by atoms with Crippen molar-refractivity contribution in [3.8, 4) is 0 Å². The van der Waals surface area contributed by atoms with Crippen LogP contribution in [0.25, 0.3) is 0 Å². The standard InChI is InChI=1S/C9H6F6O3S/c1-4-6(8(10,11)12)2-5(19-18-17-16)3-7(4)9(13,14)15/h2-3,16H,1H3/p-1. The maximum Gasteiger partial charge on any atom is 0.416 e. The van der Waals surface area contributed by atoms with E-state index in [9.17, 15) is 31.6 Å². The number of rotatable bonds is 3. The van der Waals surface area contributed by atoms with Crippen molar-refractivity contribution < 1.29 is 41.0 Å². The van der Waals surface area contributed by atoms with Crippen molar-refractivity contribution in [3.63, 3.8) is 0 Å². The molecule has 108 valence electrons. The topological polar surface area (TPSA) is 41.5 Å². The molecule has 0 bridgehead atoms. The Morgan fingerprint density at radius 2 is 1.42 bits per heavy atom. The second-order valence-electron chi connectivity index (χ2n) is 3.36. The Morgan fingerprint density at radius 3 is 1.74 bits per heavy atom. The van der Waals surface area contributed by atoms with E-state index in [-0.39, 0.29) is 12.0 Å². The summed E-state index contributed by atoms with van der Waals surface area (Å²) in [5.74, 6) is 0. The molecule has 0 aromatic heterocycles. The van der Waals surface area contributed by atoms with Crippen LogP contribution in [0.4, 0.5) is 26.3 Å². The highest BCUT2D eigenvalue weighted by Gasteiger charge is 2.40. The summed E-state index contributed by atoms with van der Waals surface area (Å²) in [6, 6.07) is 0.877. The maximum absolute atomic E-state index is 12.6. The molecule has 0 N–H and O–H groups in total. The van der Waals surface area contributed by atoms with Gasteiger partial charge in [-0.25, -0.2) is 0 Å². The van der Waals surface area contributed by atoms with Crippen LogP contribution in [0.1, 0.15) is 16.7 Å². The molecule has 1 rings (SSSR count). The van der Waals surface area contributed by atoms with Gasteiger partial charge in [0.1, 0.15) is 0 Å². The molecule has 0 aliphatic rings. The molecule has 0 amide bonds. The van der Waals surface area contributed by atoms with Crippen molar-refractivity contribution in [1.29, 1.82) is 0 Å². The van der Waals surface area contributed by atoms with Crippen LogP contribution in [0, 0.1) is 6.92 Å². The summed E-state index contributed by atoms with van der Waals surface area (Å²) in [6.07, 6.45) is -9.92. The van der Waals surface area contributed by atoms with Gasteiger partial charge < -0.3 is 5.26 Å². The lowest BCUT2D eigenvalue weighted by Crippen LogP contribution is -2.15. The first kappa shape index (κ1) is 16.1. The van der Waals surface area contributed by atoms with Crippen LogP contribution in [0.5, 0.6) is 0 Å². The van der Waals surface area contributed by atoms with Gasteiger partial charge in [-0.1, -0.05) is 0 Å². The third-order valence-corrected chi connectivity index (χ3v) is 2.70. The molecule has 0 spiro atoms. The van der Waals surface area contributed by atoms with E-state index in [1.165, 1.54) is 0 Å². The fraction of sp³-hybridized carbons (Fsp3) is 0.333. The molecule has 0 fully saturated rings. The van der Waals surface area contributed by atoms with E-state index < -0.39 is 33.9 Å². The summed E-state index contributed by atoms with van der Waals surface area (Å²) < 4.78 is 79.4. The highest BCUT2D eigenvalue weighted by atomic mass is 32.2. The monoisotopic (exact) mass is 307 g/mol. The Labute approximate surface area is 107 Å². The van der Waals surface area contributed by atoms with Gasteiger partial charge in [-0.3, -0.25) is 5.04 Å². The summed E-state index contributed by atoms with van der Waals surface area (Å²) in [5.41, 5.74) is -3.87. The quantitative estimate of drug-likeness (QED) is 0.372. The zero-order valence-electron chi connectivity index (χ0n) is 9.06. The lowest BCUT2D eigenvalue weighted by Gasteiger charge is -2.17. The van der Waals surface area contributed by atoms with Crippen molar-refractivity contribution in [2.75, 3.05) is 0 Å². The van der Waals surface area contributed by atoms with Gasteiger partial charge in [-0.2, -0.15) is 30.7 Å². The van der Waals surface area contributed by atoms with Crippen molar-refractivity contribution in [3.05, 3.63) is 28.8 Å². The van der Waals surface area contributed by atoms with Gasteiger partial charge in [-0.05, 0) is 24.6 Å². The van der Waals surface area contributed by atoms with Gasteiger partial charge in [0.15, 0.2) is 0 Å². The first-order valence-electron chi connectivity index (χ1n) is 4.49. The van der Waals surface area contributed by atoms with Crippen LogP contribution in [0.3, 0.4) is 0 Å². The van der Waals surface area contributed by atoms with Gasteiger partial charge in [-0.15, -0.1) is 0 Å². The predicted molar refractivity (Wildman–Crippen MR) is 49.2 cm³/mol. The van der Waals surface area contributed by atoms with Crippen LogP contribution < -0.4 is 5.26 Å². The first-order chi connectivity index (χ1) is 8.57. The Kier molecular flexibility index (Phi) is 4.72. The Bertz CT molecular complexity index is 421. The summed E-state index contributed by atoms with van der Waals surface area (Å²) in [6.45, 7) is 0.713. The average molecular weight is 307 g/mol. The molecule has 0 radical (unpaired) electrons. The van der Waals surface area contributed by atoms with Crippen molar-refractivity contribution in [2.24, 2.45) is 0 Å². The van der Waals surface area contributed by atoms with E-state index >= 15 is 0 Å². The molecule has 0 atom stereocenters. The Morgan fingerprint density at radius 1 is 1.00 bits per heavy atom. The molecule has 0 saturated carbocycles. The smallest absolute Gasteiger partial charge is 0.416 e. The molecule has 3 nitrogen and oxygen atoms in total. The van der Waals surface area contributed by atoms with Gasteiger partial charge >= 0.3 is 12.4 Å². The Hall–Kier alpha value is -0.970. The molecule has 19 heavy (non-hydrogen) atoms. The zero-order valence-corrected chi connectivity index (χ0v) is 9.87. The largest absolute Gasteiger partial charge is 0.691 e. The summed E-state index contributed by atoms with van der Waals surface area (Å²) in [7, 11) is 0. The first-order valence-corrected chi connectivity index (χ1v) is 5.23. The molecule has 1 aromatic carbocycles. The highest BCUT2D eigenvalue weighted by Crippen LogP contribution is 2.41. The van der Waals surface area contributed by atoms with Crippen molar-refractivity contribution in [1.82, 2.24) is 0 Å². The van der Waals surface area contributed by atoms with Crippen molar-refractivity contribution >= 4 is 12.0 Å². The third-order valence-electron chi connectivity index (χ3n) is 2.15. The normalized spacial score (nSPS) is 12.8. The minimum absolute atomic E-state index is 0.0450. The van der Waals surface area contributed by atoms with Crippen LogP contribution in [0.2, 0.25) is 0 Å². The summed E-state index contributed by atoms with van der Waals surface area (Å²) in [4.78, 5) is -0.555. The third kappa shape index (κ3) is 4.00. The van der Waals surface area contributed by atoms with Crippen LogP contribution in [0.15, 0.2) is 17.0 Å². The fourth-order valence-corrected chi connectivity index (χ4v) is 1.82. The number of hydrogen-bond acceptors (Lipinski definition) is 4. The number of halogens is 6. The highest BCUT2D eigenvalue weighted by molar-refractivity contribution is 7.94. The van der Waals surface area contributed by atoms with E-state index in [2.05, 4.69) is 9.37 Å². The minimum Gasteiger partial charge on any atom is -0.691 e. The number of hydrogen-bond donors (Lipinski definition) is 0. The van der Waals surface area contributed by atoms with E-state index in [4.69, 9.17) is 0 Å². The predicted octanol–water partition coefficient (Wildman–Crippen LogP) is 3.26. The van der Waals surface area contributed by atoms with Gasteiger partial charge in [0.05, 0.1) is 23.2 Å². The molecule has 0 heterocycles.